The summed E-state index contributed by atoms with van der Waals surface area (Å²) in [4.78, 5) is 22.7. The number of carboxylic acid groups (broad SMARTS) is 1. The van der Waals surface area contributed by atoms with E-state index < -0.39 is 23.9 Å². The Labute approximate surface area is 120 Å². The van der Waals surface area contributed by atoms with Gasteiger partial charge in [-0.2, -0.15) is 8.78 Å². The minimum Gasteiger partial charge on any atom is -0.481 e. The van der Waals surface area contributed by atoms with Crippen LogP contribution in [0.25, 0.3) is 0 Å². The molecular formula is C14H17F2NO4. The molecule has 1 amide bonds. The molecule has 116 valence electrons. The van der Waals surface area contributed by atoms with E-state index in [1.807, 2.05) is 0 Å². The summed E-state index contributed by atoms with van der Waals surface area (Å²) in [5, 5.41) is 11.5. The summed E-state index contributed by atoms with van der Waals surface area (Å²) in [5.41, 5.74) is -0.646. The zero-order valence-corrected chi connectivity index (χ0v) is 11.7. The average Bonchev–Trinajstić information content (AvgIpc) is 2.38. The molecule has 0 fully saturated rings. The van der Waals surface area contributed by atoms with Crippen molar-refractivity contribution in [3.8, 4) is 5.75 Å². The summed E-state index contributed by atoms with van der Waals surface area (Å²) in [6.45, 7) is 0.423. The van der Waals surface area contributed by atoms with Crippen LogP contribution in [0.2, 0.25) is 0 Å². The Hall–Kier alpha value is -2.18. The topological polar surface area (TPSA) is 75.6 Å². The lowest BCUT2D eigenvalue weighted by Crippen LogP contribution is -2.31. The molecule has 1 rings (SSSR count). The molecule has 1 aromatic rings. The molecule has 0 spiro atoms. The van der Waals surface area contributed by atoms with Crippen LogP contribution in [-0.4, -0.2) is 30.1 Å². The highest BCUT2D eigenvalue weighted by atomic mass is 19.3. The summed E-state index contributed by atoms with van der Waals surface area (Å²) in [5.74, 6) is -1.38. The van der Waals surface area contributed by atoms with Gasteiger partial charge in [0.05, 0.1) is 5.41 Å². The SMILES string of the molecule is CC(C)(CCNC(=O)c1ccc(OC(F)F)cc1)C(=O)O. The number of carboxylic acids is 1. The third kappa shape index (κ3) is 5.37. The molecule has 0 aliphatic heterocycles. The molecule has 0 aromatic heterocycles. The summed E-state index contributed by atoms with van der Waals surface area (Å²) in [7, 11) is 0. The van der Waals surface area contributed by atoms with E-state index >= 15 is 0 Å². The van der Waals surface area contributed by atoms with Crippen molar-refractivity contribution in [2.75, 3.05) is 6.54 Å². The van der Waals surface area contributed by atoms with Gasteiger partial charge in [-0.25, -0.2) is 0 Å². The fraction of sp³-hybridized carbons (Fsp3) is 0.429. The number of hydrogen-bond donors (Lipinski definition) is 2. The van der Waals surface area contributed by atoms with Crippen LogP contribution in [0.5, 0.6) is 5.75 Å². The van der Waals surface area contributed by atoms with Crippen molar-refractivity contribution in [2.24, 2.45) is 5.41 Å². The van der Waals surface area contributed by atoms with Crippen molar-refractivity contribution in [3.05, 3.63) is 29.8 Å². The first-order chi connectivity index (χ1) is 9.72. The van der Waals surface area contributed by atoms with Gasteiger partial charge >= 0.3 is 12.6 Å². The van der Waals surface area contributed by atoms with Gasteiger partial charge in [0.1, 0.15) is 5.75 Å². The molecule has 0 aliphatic rings. The largest absolute Gasteiger partial charge is 0.481 e. The highest BCUT2D eigenvalue weighted by Gasteiger charge is 2.26. The van der Waals surface area contributed by atoms with Gasteiger partial charge in [-0.15, -0.1) is 0 Å². The Morgan fingerprint density at radius 3 is 2.33 bits per heavy atom. The lowest BCUT2D eigenvalue weighted by atomic mass is 9.90. The third-order valence-corrected chi connectivity index (χ3v) is 2.96. The minimum atomic E-state index is -2.91. The van der Waals surface area contributed by atoms with Crippen LogP contribution in [0, 0.1) is 5.41 Å². The van der Waals surface area contributed by atoms with Crippen molar-refractivity contribution in [1.29, 1.82) is 0 Å². The molecule has 1 aromatic carbocycles. The summed E-state index contributed by atoms with van der Waals surface area (Å²) >= 11 is 0. The number of hydrogen-bond acceptors (Lipinski definition) is 3. The number of amides is 1. The summed E-state index contributed by atoms with van der Waals surface area (Å²) in [6.07, 6.45) is 0.278. The smallest absolute Gasteiger partial charge is 0.387 e. The van der Waals surface area contributed by atoms with Crippen LogP contribution in [-0.2, 0) is 4.79 Å². The van der Waals surface area contributed by atoms with E-state index in [0.717, 1.165) is 0 Å². The zero-order chi connectivity index (χ0) is 16.0. The molecule has 7 heteroatoms. The summed E-state index contributed by atoms with van der Waals surface area (Å²) < 4.78 is 28.1. The molecule has 0 saturated heterocycles. The average molecular weight is 301 g/mol. The van der Waals surface area contributed by atoms with E-state index in [-0.39, 0.29) is 24.3 Å². The van der Waals surface area contributed by atoms with Crippen molar-refractivity contribution in [3.63, 3.8) is 0 Å². The van der Waals surface area contributed by atoms with Crippen molar-refractivity contribution in [2.45, 2.75) is 26.9 Å². The van der Waals surface area contributed by atoms with Crippen LogP contribution in [0.15, 0.2) is 24.3 Å². The standard InChI is InChI=1S/C14H17F2NO4/c1-14(2,12(19)20)7-8-17-11(18)9-3-5-10(6-4-9)21-13(15)16/h3-6,13H,7-8H2,1-2H3,(H,17,18)(H,19,20). The van der Waals surface area contributed by atoms with Crippen LogP contribution < -0.4 is 10.1 Å². The normalized spacial score (nSPS) is 11.3. The predicted molar refractivity (Wildman–Crippen MR) is 71.4 cm³/mol. The predicted octanol–water partition coefficient (Wildman–Crippen LogP) is 2.52. The number of halogens is 2. The minimum absolute atomic E-state index is 0.0337. The Morgan fingerprint density at radius 2 is 1.86 bits per heavy atom. The second-order valence-electron chi connectivity index (χ2n) is 5.10. The van der Waals surface area contributed by atoms with Gasteiger partial charge in [-0.05, 0) is 44.5 Å². The van der Waals surface area contributed by atoms with E-state index in [1.54, 1.807) is 13.8 Å². The number of alkyl halides is 2. The number of aliphatic carboxylic acids is 1. The molecule has 0 aliphatic carbocycles. The van der Waals surface area contributed by atoms with Crippen molar-refractivity contribution >= 4 is 11.9 Å². The molecule has 2 N–H and O–H groups in total. The third-order valence-electron chi connectivity index (χ3n) is 2.96. The highest BCUT2D eigenvalue weighted by molar-refractivity contribution is 5.94. The zero-order valence-electron chi connectivity index (χ0n) is 11.7. The number of carbonyl (C=O) groups excluding carboxylic acids is 1. The van der Waals surface area contributed by atoms with Crippen LogP contribution in [0.1, 0.15) is 30.6 Å². The summed E-state index contributed by atoms with van der Waals surface area (Å²) in [6, 6.07) is 5.25. The number of rotatable bonds is 7. The first-order valence-electron chi connectivity index (χ1n) is 6.29. The Balaban J connectivity index is 2.51. The van der Waals surface area contributed by atoms with Crippen LogP contribution >= 0.6 is 0 Å². The first-order valence-corrected chi connectivity index (χ1v) is 6.29. The van der Waals surface area contributed by atoms with E-state index in [9.17, 15) is 18.4 Å². The van der Waals surface area contributed by atoms with E-state index in [4.69, 9.17) is 5.11 Å². The van der Waals surface area contributed by atoms with Gasteiger partial charge in [0.15, 0.2) is 0 Å². The number of carbonyl (C=O) groups is 2. The van der Waals surface area contributed by atoms with E-state index in [0.29, 0.717) is 0 Å². The lowest BCUT2D eigenvalue weighted by molar-refractivity contribution is -0.147. The number of benzene rings is 1. The molecule has 0 heterocycles. The van der Waals surface area contributed by atoms with E-state index in [2.05, 4.69) is 10.1 Å². The highest BCUT2D eigenvalue weighted by Crippen LogP contribution is 2.19. The van der Waals surface area contributed by atoms with Gasteiger partial charge in [-0.1, -0.05) is 0 Å². The Morgan fingerprint density at radius 1 is 1.29 bits per heavy atom. The second kappa shape index (κ2) is 7.01. The molecule has 21 heavy (non-hydrogen) atoms. The van der Waals surface area contributed by atoms with Gasteiger partial charge in [0.25, 0.3) is 5.91 Å². The van der Waals surface area contributed by atoms with Gasteiger partial charge in [0, 0.05) is 12.1 Å². The molecule has 5 nitrogen and oxygen atoms in total. The fourth-order valence-corrected chi connectivity index (χ4v) is 1.49. The maximum absolute atomic E-state index is 12.0. The number of ether oxygens (including phenoxy) is 1. The Bertz CT molecular complexity index is 500. The number of nitrogens with one attached hydrogen (secondary N) is 1. The van der Waals surface area contributed by atoms with E-state index in [1.165, 1.54) is 24.3 Å². The fourth-order valence-electron chi connectivity index (χ4n) is 1.49. The first kappa shape index (κ1) is 16.9. The van der Waals surface area contributed by atoms with Crippen molar-refractivity contribution in [1.82, 2.24) is 5.32 Å². The van der Waals surface area contributed by atoms with Gasteiger partial charge in [-0.3, -0.25) is 9.59 Å². The lowest BCUT2D eigenvalue weighted by Gasteiger charge is -2.18. The van der Waals surface area contributed by atoms with Crippen LogP contribution in [0.4, 0.5) is 8.78 Å². The molecule has 0 radical (unpaired) electrons. The Kier molecular flexibility index (Phi) is 5.63. The molecular weight excluding hydrogens is 284 g/mol. The van der Waals surface area contributed by atoms with Crippen LogP contribution in [0.3, 0.4) is 0 Å². The maximum Gasteiger partial charge on any atom is 0.387 e. The maximum atomic E-state index is 12.0. The monoisotopic (exact) mass is 301 g/mol. The quantitative estimate of drug-likeness (QED) is 0.811. The molecule has 0 atom stereocenters. The second-order valence-corrected chi connectivity index (χ2v) is 5.10. The van der Waals surface area contributed by atoms with Gasteiger partial charge < -0.3 is 15.2 Å². The van der Waals surface area contributed by atoms with Crippen molar-refractivity contribution < 1.29 is 28.2 Å². The molecule has 0 saturated carbocycles. The molecule has 0 bridgehead atoms. The van der Waals surface area contributed by atoms with Gasteiger partial charge in [0.2, 0.25) is 0 Å². The molecule has 0 unspecified atom stereocenters.